The van der Waals surface area contributed by atoms with Gasteiger partial charge in [-0.1, -0.05) is 44.2 Å². The van der Waals surface area contributed by atoms with Crippen LogP contribution in [0.25, 0.3) is 0 Å². The van der Waals surface area contributed by atoms with Gasteiger partial charge in [-0.2, -0.15) is 0 Å². The van der Waals surface area contributed by atoms with Crippen molar-refractivity contribution >= 4 is 21.6 Å². The summed E-state index contributed by atoms with van der Waals surface area (Å²) in [5.41, 5.74) is 1.41. The number of benzene rings is 2. The smallest absolute Gasteiger partial charge is 0.241 e. The van der Waals surface area contributed by atoms with E-state index in [4.69, 9.17) is 4.74 Å². The summed E-state index contributed by atoms with van der Waals surface area (Å²) in [6.45, 7) is 4.30. The molecule has 1 N–H and O–H groups in total. The molecule has 0 radical (unpaired) electrons. The van der Waals surface area contributed by atoms with Crippen LogP contribution in [0.1, 0.15) is 38.3 Å². The largest absolute Gasteiger partial charge is 0.494 e. The molecule has 7 heteroatoms. The van der Waals surface area contributed by atoms with Crippen molar-refractivity contribution in [1.29, 1.82) is 0 Å². The minimum Gasteiger partial charge on any atom is -0.494 e. The first-order chi connectivity index (χ1) is 13.3. The second kappa shape index (κ2) is 10.1. The van der Waals surface area contributed by atoms with Crippen LogP contribution in [0, 0.1) is 0 Å². The quantitative estimate of drug-likeness (QED) is 0.657. The number of carbonyl (C=O) groups is 1. The molecule has 1 unspecified atom stereocenters. The average molecular weight is 405 g/mol. The van der Waals surface area contributed by atoms with Crippen LogP contribution in [0.5, 0.6) is 5.75 Å². The van der Waals surface area contributed by atoms with Crippen molar-refractivity contribution in [1.82, 2.24) is 5.32 Å². The Balaban J connectivity index is 2.12. The van der Waals surface area contributed by atoms with Gasteiger partial charge in [0.1, 0.15) is 12.3 Å². The molecule has 2 rings (SSSR count). The zero-order valence-corrected chi connectivity index (χ0v) is 17.4. The van der Waals surface area contributed by atoms with E-state index in [2.05, 4.69) is 5.32 Å². The lowest BCUT2D eigenvalue weighted by Crippen LogP contribution is -2.41. The predicted octanol–water partition coefficient (Wildman–Crippen LogP) is 3.51. The number of carbonyl (C=O) groups excluding carboxylic acids is 1. The van der Waals surface area contributed by atoms with Gasteiger partial charge < -0.3 is 10.1 Å². The maximum absolute atomic E-state index is 12.6. The summed E-state index contributed by atoms with van der Waals surface area (Å²) in [5.74, 6) is 0.311. The Morgan fingerprint density at radius 3 is 2.25 bits per heavy atom. The maximum atomic E-state index is 12.6. The number of anilines is 1. The van der Waals surface area contributed by atoms with Gasteiger partial charge in [-0.05, 0) is 42.7 Å². The number of rotatable bonds is 10. The van der Waals surface area contributed by atoms with E-state index in [9.17, 15) is 13.2 Å². The van der Waals surface area contributed by atoms with Gasteiger partial charge in [0.25, 0.3) is 0 Å². The lowest BCUT2D eigenvalue weighted by Gasteiger charge is -2.24. The molecular weight excluding hydrogens is 376 g/mol. The van der Waals surface area contributed by atoms with Gasteiger partial charge in [-0.15, -0.1) is 0 Å². The molecule has 1 amide bonds. The van der Waals surface area contributed by atoms with Gasteiger partial charge in [0.15, 0.2) is 0 Å². The molecule has 0 saturated heterocycles. The van der Waals surface area contributed by atoms with E-state index >= 15 is 0 Å². The monoisotopic (exact) mass is 404 g/mol. The molecule has 0 fully saturated rings. The van der Waals surface area contributed by atoms with Crippen LogP contribution < -0.4 is 14.4 Å². The van der Waals surface area contributed by atoms with Crippen molar-refractivity contribution in [3.63, 3.8) is 0 Å². The molecule has 0 aliphatic heterocycles. The summed E-state index contributed by atoms with van der Waals surface area (Å²) in [6, 6.07) is 16.2. The van der Waals surface area contributed by atoms with Crippen molar-refractivity contribution in [3.8, 4) is 5.75 Å². The van der Waals surface area contributed by atoms with Crippen molar-refractivity contribution in [3.05, 3.63) is 60.2 Å². The van der Waals surface area contributed by atoms with Crippen LogP contribution in [0.4, 0.5) is 5.69 Å². The number of ether oxygens (including phenoxy) is 1. The van der Waals surface area contributed by atoms with Crippen LogP contribution >= 0.6 is 0 Å². The maximum Gasteiger partial charge on any atom is 0.241 e. The lowest BCUT2D eigenvalue weighted by molar-refractivity contribution is -0.120. The van der Waals surface area contributed by atoms with Crippen molar-refractivity contribution in [2.75, 3.05) is 23.7 Å². The van der Waals surface area contributed by atoms with Crippen LogP contribution in [0.15, 0.2) is 54.6 Å². The first kappa shape index (κ1) is 21.8. The topological polar surface area (TPSA) is 75.7 Å². The van der Waals surface area contributed by atoms with Gasteiger partial charge in [0.2, 0.25) is 15.9 Å². The molecule has 0 aromatic heterocycles. The molecule has 0 saturated carbocycles. The summed E-state index contributed by atoms with van der Waals surface area (Å²) in [5, 5.41) is 2.92. The highest BCUT2D eigenvalue weighted by molar-refractivity contribution is 7.92. The number of nitrogens with zero attached hydrogens (tertiary/aromatic N) is 1. The number of hydrogen-bond donors (Lipinski definition) is 1. The highest BCUT2D eigenvalue weighted by atomic mass is 32.2. The number of sulfonamides is 1. The van der Waals surface area contributed by atoms with Crippen LogP contribution in [0.2, 0.25) is 0 Å². The Morgan fingerprint density at radius 1 is 1.07 bits per heavy atom. The molecule has 0 bridgehead atoms. The Labute approximate surface area is 167 Å². The third-order valence-electron chi connectivity index (χ3n) is 4.23. The molecule has 2 aromatic rings. The predicted molar refractivity (Wildman–Crippen MR) is 112 cm³/mol. The summed E-state index contributed by atoms with van der Waals surface area (Å²) in [7, 11) is -3.62. The summed E-state index contributed by atoms with van der Waals surface area (Å²) in [4.78, 5) is 12.6. The van der Waals surface area contributed by atoms with Crippen LogP contribution in [-0.2, 0) is 14.8 Å². The molecule has 28 heavy (non-hydrogen) atoms. The fourth-order valence-corrected chi connectivity index (χ4v) is 3.66. The average Bonchev–Trinajstić information content (AvgIpc) is 2.69. The Kier molecular flexibility index (Phi) is 7.87. The standard InChI is InChI=1S/C21H28N2O4S/c1-4-15-27-19-13-11-18(12-14-19)23(28(3,25)26)16-21(24)22-20(5-2)17-9-7-6-8-10-17/h6-14,20H,4-5,15-16H2,1-3H3,(H,22,24). The van der Waals surface area contributed by atoms with Gasteiger partial charge in [-0.3, -0.25) is 9.10 Å². The molecular formula is C21H28N2O4S. The lowest BCUT2D eigenvalue weighted by atomic mass is 10.0. The number of nitrogens with one attached hydrogen (secondary N) is 1. The minimum atomic E-state index is -3.62. The van der Waals surface area contributed by atoms with E-state index in [-0.39, 0.29) is 18.5 Å². The van der Waals surface area contributed by atoms with Gasteiger partial charge in [0, 0.05) is 0 Å². The van der Waals surface area contributed by atoms with E-state index in [0.29, 0.717) is 24.5 Å². The normalized spacial score (nSPS) is 12.2. The highest BCUT2D eigenvalue weighted by Crippen LogP contribution is 2.22. The van der Waals surface area contributed by atoms with E-state index in [1.54, 1.807) is 24.3 Å². The van der Waals surface area contributed by atoms with E-state index in [0.717, 1.165) is 22.5 Å². The molecule has 0 heterocycles. The molecule has 0 aliphatic carbocycles. The summed E-state index contributed by atoms with van der Waals surface area (Å²) >= 11 is 0. The third kappa shape index (κ3) is 6.27. The molecule has 152 valence electrons. The number of amides is 1. The Bertz CT molecular complexity index is 852. The molecule has 2 aromatic carbocycles. The fourth-order valence-electron chi connectivity index (χ4n) is 2.81. The molecule has 6 nitrogen and oxygen atoms in total. The second-order valence-corrected chi connectivity index (χ2v) is 8.46. The zero-order chi connectivity index (χ0) is 20.6. The van der Waals surface area contributed by atoms with E-state index in [1.165, 1.54) is 0 Å². The van der Waals surface area contributed by atoms with Gasteiger partial charge >= 0.3 is 0 Å². The first-order valence-corrected chi connectivity index (χ1v) is 11.2. The second-order valence-electron chi connectivity index (χ2n) is 6.55. The van der Waals surface area contributed by atoms with E-state index < -0.39 is 10.0 Å². The highest BCUT2D eigenvalue weighted by Gasteiger charge is 2.22. The Morgan fingerprint density at radius 2 is 1.71 bits per heavy atom. The van der Waals surface area contributed by atoms with Gasteiger partial charge in [0.05, 0.1) is 24.6 Å². The SMILES string of the molecule is CCCOc1ccc(N(CC(=O)NC(CC)c2ccccc2)S(C)(=O)=O)cc1. The number of hydrogen-bond acceptors (Lipinski definition) is 4. The first-order valence-electron chi connectivity index (χ1n) is 9.40. The zero-order valence-electron chi connectivity index (χ0n) is 16.6. The minimum absolute atomic E-state index is 0.167. The van der Waals surface area contributed by atoms with Crippen LogP contribution in [-0.4, -0.2) is 33.7 Å². The summed E-state index contributed by atoms with van der Waals surface area (Å²) < 4.78 is 31.2. The van der Waals surface area contributed by atoms with Crippen molar-refractivity contribution in [2.45, 2.75) is 32.7 Å². The molecule has 1 atom stereocenters. The third-order valence-corrected chi connectivity index (χ3v) is 5.37. The summed E-state index contributed by atoms with van der Waals surface area (Å²) in [6.07, 6.45) is 2.69. The molecule has 0 spiro atoms. The van der Waals surface area contributed by atoms with Crippen LogP contribution in [0.3, 0.4) is 0 Å². The van der Waals surface area contributed by atoms with E-state index in [1.807, 2.05) is 44.2 Å². The van der Waals surface area contributed by atoms with Gasteiger partial charge in [-0.25, -0.2) is 8.42 Å². The molecule has 0 aliphatic rings. The Hall–Kier alpha value is -2.54. The fraction of sp³-hybridized carbons (Fsp3) is 0.381. The van der Waals surface area contributed by atoms with Crippen molar-refractivity contribution < 1.29 is 17.9 Å². The van der Waals surface area contributed by atoms with Crippen molar-refractivity contribution in [2.24, 2.45) is 0 Å².